The van der Waals surface area contributed by atoms with Gasteiger partial charge in [0.2, 0.25) is 0 Å². The van der Waals surface area contributed by atoms with Gasteiger partial charge >= 0.3 is 6.09 Å². The SMILES string of the molecule is C[C@H]1CN(c2ccc(N3CCSCC3)c(F)c2)C(=O)O1. The number of benzene rings is 1. The van der Waals surface area contributed by atoms with E-state index in [2.05, 4.69) is 4.90 Å². The number of carbonyl (C=O) groups is 1. The molecule has 20 heavy (non-hydrogen) atoms. The number of ether oxygens (including phenoxy) is 1. The van der Waals surface area contributed by atoms with Crippen LogP contribution in [-0.4, -0.2) is 43.3 Å². The van der Waals surface area contributed by atoms with Crippen LogP contribution in [0.3, 0.4) is 0 Å². The number of anilines is 2. The predicted octanol–water partition coefficient (Wildman–Crippen LogP) is 2.72. The van der Waals surface area contributed by atoms with E-state index in [1.165, 1.54) is 11.0 Å². The topological polar surface area (TPSA) is 32.8 Å². The van der Waals surface area contributed by atoms with E-state index < -0.39 is 6.09 Å². The summed E-state index contributed by atoms with van der Waals surface area (Å²) < 4.78 is 19.4. The highest BCUT2D eigenvalue weighted by Gasteiger charge is 2.30. The molecule has 2 saturated heterocycles. The number of hydrogen-bond acceptors (Lipinski definition) is 4. The van der Waals surface area contributed by atoms with E-state index in [9.17, 15) is 9.18 Å². The standard InChI is InChI=1S/C14H17FN2O2S/c1-10-9-17(14(18)19-10)11-2-3-13(12(15)8-11)16-4-6-20-7-5-16/h2-3,8,10H,4-7,9H2,1H3/t10-/m0/s1. The van der Waals surface area contributed by atoms with E-state index >= 15 is 0 Å². The lowest BCUT2D eigenvalue weighted by molar-refractivity contribution is 0.150. The Bertz CT molecular complexity index is 520. The number of halogens is 1. The summed E-state index contributed by atoms with van der Waals surface area (Å²) in [6.07, 6.45) is -0.552. The van der Waals surface area contributed by atoms with Crippen molar-refractivity contribution in [1.82, 2.24) is 0 Å². The van der Waals surface area contributed by atoms with Gasteiger partial charge in [-0.3, -0.25) is 4.90 Å². The lowest BCUT2D eigenvalue weighted by Gasteiger charge is -2.29. The smallest absolute Gasteiger partial charge is 0.414 e. The summed E-state index contributed by atoms with van der Waals surface area (Å²) in [6, 6.07) is 4.98. The number of nitrogens with zero attached hydrogens (tertiary/aromatic N) is 2. The second-order valence-electron chi connectivity index (χ2n) is 5.04. The minimum absolute atomic E-state index is 0.149. The maximum absolute atomic E-state index is 14.3. The summed E-state index contributed by atoms with van der Waals surface area (Å²) in [7, 11) is 0. The van der Waals surface area contributed by atoms with Crippen LogP contribution in [0.4, 0.5) is 20.6 Å². The molecule has 1 aromatic carbocycles. The van der Waals surface area contributed by atoms with Crippen molar-refractivity contribution in [2.45, 2.75) is 13.0 Å². The summed E-state index contributed by atoms with van der Waals surface area (Å²) >= 11 is 1.89. The monoisotopic (exact) mass is 296 g/mol. The number of cyclic esters (lactones) is 1. The van der Waals surface area contributed by atoms with Gasteiger partial charge in [-0.1, -0.05) is 0 Å². The first-order valence-corrected chi connectivity index (χ1v) is 7.91. The third-order valence-electron chi connectivity index (χ3n) is 3.56. The van der Waals surface area contributed by atoms with Crippen molar-refractivity contribution in [2.75, 3.05) is 40.9 Å². The van der Waals surface area contributed by atoms with Gasteiger partial charge in [0.1, 0.15) is 11.9 Å². The van der Waals surface area contributed by atoms with Crippen molar-refractivity contribution >= 4 is 29.2 Å². The molecule has 0 radical (unpaired) electrons. The van der Waals surface area contributed by atoms with E-state index in [1.807, 2.05) is 18.7 Å². The summed E-state index contributed by atoms with van der Waals surface area (Å²) in [5.41, 5.74) is 1.18. The molecule has 0 aromatic heterocycles. The Morgan fingerprint density at radius 3 is 2.70 bits per heavy atom. The molecule has 3 rings (SSSR count). The van der Waals surface area contributed by atoms with Gasteiger partial charge in [-0.05, 0) is 25.1 Å². The Morgan fingerprint density at radius 2 is 2.10 bits per heavy atom. The van der Waals surface area contributed by atoms with Crippen LogP contribution in [0.1, 0.15) is 6.92 Å². The first kappa shape index (κ1) is 13.5. The summed E-state index contributed by atoms with van der Waals surface area (Å²) in [4.78, 5) is 15.2. The maximum atomic E-state index is 14.3. The molecule has 1 atom stereocenters. The van der Waals surface area contributed by atoms with Gasteiger partial charge < -0.3 is 9.64 Å². The van der Waals surface area contributed by atoms with E-state index in [0.717, 1.165) is 24.6 Å². The zero-order chi connectivity index (χ0) is 14.1. The molecular formula is C14H17FN2O2S. The van der Waals surface area contributed by atoms with Crippen LogP contribution in [-0.2, 0) is 4.74 Å². The molecule has 0 unspecified atom stereocenters. The van der Waals surface area contributed by atoms with Crippen LogP contribution >= 0.6 is 11.8 Å². The first-order chi connectivity index (χ1) is 9.65. The highest BCUT2D eigenvalue weighted by Crippen LogP contribution is 2.29. The van der Waals surface area contributed by atoms with Crippen LogP contribution in [0.2, 0.25) is 0 Å². The second kappa shape index (κ2) is 5.52. The van der Waals surface area contributed by atoms with Gasteiger partial charge in [0.15, 0.2) is 0 Å². The van der Waals surface area contributed by atoms with Gasteiger partial charge in [0.25, 0.3) is 0 Å². The third kappa shape index (κ3) is 2.57. The van der Waals surface area contributed by atoms with Crippen LogP contribution in [0.15, 0.2) is 18.2 Å². The fourth-order valence-electron chi connectivity index (χ4n) is 2.54. The fraction of sp³-hybridized carbons (Fsp3) is 0.500. The minimum Gasteiger partial charge on any atom is -0.444 e. The molecule has 4 nitrogen and oxygen atoms in total. The van der Waals surface area contributed by atoms with Gasteiger partial charge in [0.05, 0.1) is 17.9 Å². The summed E-state index contributed by atoms with van der Waals surface area (Å²) in [5.74, 6) is 1.77. The third-order valence-corrected chi connectivity index (χ3v) is 4.50. The number of hydrogen-bond donors (Lipinski definition) is 0. The molecule has 6 heteroatoms. The van der Waals surface area contributed by atoms with Crippen LogP contribution in [0.25, 0.3) is 0 Å². The molecule has 1 aromatic rings. The Hall–Kier alpha value is -1.43. The van der Waals surface area contributed by atoms with Crippen molar-refractivity contribution in [3.63, 3.8) is 0 Å². The Balaban J connectivity index is 1.82. The highest BCUT2D eigenvalue weighted by atomic mass is 32.2. The largest absolute Gasteiger partial charge is 0.444 e. The molecule has 1 amide bonds. The summed E-state index contributed by atoms with van der Waals surface area (Å²) in [6.45, 7) is 4.03. The first-order valence-electron chi connectivity index (χ1n) is 6.75. The molecule has 0 bridgehead atoms. The molecule has 2 heterocycles. The van der Waals surface area contributed by atoms with Gasteiger partial charge in [0, 0.05) is 24.6 Å². The molecule has 108 valence electrons. The Labute approximate surface area is 121 Å². The van der Waals surface area contributed by atoms with Crippen molar-refractivity contribution in [1.29, 1.82) is 0 Å². The highest BCUT2D eigenvalue weighted by molar-refractivity contribution is 7.99. The number of carbonyl (C=O) groups excluding carboxylic acids is 1. The van der Waals surface area contributed by atoms with Crippen molar-refractivity contribution in [3.05, 3.63) is 24.0 Å². The molecule has 2 fully saturated rings. The van der Waals surface area contributed by atoms with E-state index in [-0.39, 0.29) is 11.9 Å². The molecule has 2 aliphatic heterocycles. The summed E-state index contributed by atoms with van der Waals surface area (Å²) in [5, 5.41) is 0. The lowest BCUT2D eigenvalue weighted by atomic mass is 10.2. The van der Waals surface area contributed by atoms with Crippen molar-refractivity contribution in [3.8, 4) is 0 Å². The van der Waals surface area contributed by atoms with Gasteiger partial charge in [-0.2, -0.15) is 11.8 Å². The van der Waals surface area contributed by atoms with Crippen molar-refractivity contribution < 1.29 is 13.9 Å². The Morgan fingerprint density at radius 1 is 1.35 bits per heavy atom. The maximum Gasteiger partial charge on any atom is 0.414 e. The van der Waals surface area contributed by atoms with Gasteiger partial charge in [-0.15, -0.1) is 0 Å². The number of amides is 1. The van der Waals surface area contributed by atoms with Gasteiger partial charge in [-0.25, -0.2) is 9.18 Å². The molecule has 0 aliphatic carbocycles. The molecular weight excluding hydrogens is 279 g/mol. The van der Waals surface area contributed by atoms with Crippen LogP contribution in [0, 0.1) is 5.82 Å². The normalized spacial score (nSPS) is 23.1. The second-order valence-corrected chi connectivity index (χ2v) is 6.26. The Kier molecular flexibility index (Phi) is 3.74. The minimum atomic E-state index is -0.404. The number of thioether (sulfide) groups is 1. The van der Waals surface area contributed by atoms with E-state index in [0.29, 0.717) is 17.9 Å². The van der Waals surface area contributed by atoms with E-state index in [1.54, 1.807) is 12.1 Å². The van der Waals surface area contributed by atoms with Crippen LogP contribution in [0.5, 0.6) is 0 Å². The van der Waals surface area contributed by atoms with Crippen molar-refractivity contribution in [2.24, 2.45) is 0 Å². The molecule has 2 aliphatic rings. The van der Waals surface area contributed by atoms with Crippen LogP contribution < -0.4 is 9.80 Å². The molecule has 0 spiro atoms. The molecule has 0 saturated carbocycles. The number of rotatable bonds is 2. The lowest BCUT2D eigenvalue weighted by Crippen LogP contribution is -2.33. The average molecular weight is 296 g/mol. The predicted molar refractivity (Wildman–Crippen MR) is 79.2 cm³/mol. The molecule has 0 N–H and O–H groups in total. The quantitative estimate of drug-likeness (QED) is 0.840. The zero-order valence-electron chi connectivity index (χ0n) is 11.3. The average Bonchev–Trinajstić information content (AvgIpc) is 2.78. The fourth-order valence-corrected chi connectivity index (χ4v) is 3.44. The zero-order valence-corrected chi connectivity index (χ0v) is 12.2. The van der Waals surface area contributed by atoms with E-state index in [4.69, 9.17) is 4.74 Å².